The number of carbonyl (C=O) groups excluding carboxylic acids is 1. The average Bonchev–Trinajstić information content (AvgIpc) is 3.24. The van der Waals surface area contributed by atoms with Gasteiger partial charge in [-0.2, -0.15) is 10.5 Å². The van der Waals surface area contributed by atoms with Crippen LogP contribution >= 0.6 is 0 Å². The Hall–Kier alpha value is -5.27. The highest BCUT2D eigenvalue weighted by molar-refractivity contribution is 6.09. The van der Waals surface area contributed by atoms with Crippen LogP contribution in [-0.2, 0) is 11.4 Å². The summed E-state index contributed by atoms with van der Waals surface area (Å²) in [6.45, 7) is 6.68. The molecule has 0 aliphatic rings. The summed E-state index contributed by atoms with van der Waals surface area (Å²) >= 11 is 0. The minimum absolute atomic E-state index is 0.00512. The van der Waals surface area contributed by atoms with Crippen LogP contribution in [-0.4, -0.2) is 17.1 Å². The number of aromatic nitrogens is 1. The highest BCUT2D eigenvalue weighted by Gasteiger charge is 2.14. The number of amides is 1. The van der Waals surface area contributed by atoms with Crippen molar-refractivity contribution in [2.45, 2.75) is 27.4 Å². The second-order valence-corrected chi connectivity index (χ2v) is 8.79. The van der Waals surface area contributed by atoms with Crippen molar-refractivity contribution in [3.8, 4) is 29.3 Å². The Morgan fingerprint density at radius 2 is 1.62 bits per heavy atom. The van der Waals surface area contributed by atoms with Crippen LogP contribution in [0.15, 0.2) is 84.4 Å². The van der Waals surface area contributed by atoms with Crippen molar-refractivity contribution < 1.29 is 14.3 Å². The molecule has 0 aliphatic heterocycles. The third-order valence-electron chi connectivity index (χ3n) is 6.19. The van der Waals surface area contributed by atoms with E-state index in [1.807, 2.05) is 75.4 Å². The van der Waals surface area contributed by atoms with Gasteiger partial charge in [0.25, 0.3) is 5.91 Å². The van der Waals surface area contributed by atoms with Gasteiger partial charge >= 0.3 is 0 Å². The van der Waals surface area contributed by atoms with Gasteiger partial charge in [0.1, 0.15) is 29.7 Å². The summed E-state index contributed by atoms with van der Waals surface area (Å²) in [6.07, 6.45) is 1.60. The maximum absolute atomic E-state index is 12.8. The predicted octanol–water partition coefficient (Wildman–Crippen LogP) is 6.49. The van der Waals surface area contributed by atoms with Crippen molar-refractivity contribution in [2.75, 3.05) is 11.9 Å². The van der Waals surface area contributed by atoms with Crippen LogP contribution in [0, 0.1) is 36.5 Å². The Morgan fingerprint density at radius 3 is 2.28 bits per heavy atom. The number of ether oxygens (including phenoxy) is 2. The quantitative estimate of drug-likeness (QED) is 0.202. The molecule has 194 valence electrons. The lowest BCUT2D eigenvalue weighted by Crippen LogP contribution is -2.13. The monoisotopic (exact) mass is 516 g/mol. The molecule has 0 saturated heterocycles. The summed E-state index contributed by atoms with van der Waals surface area (Å²) < 4.78 is 13.4. The normalized spacial score (nSPS) is 10.8. The van der Waals surface area contributed by atoms with Crippen LogP contribution in [0.5, 0.6) is 11.5 Å². The number of nitrogens with zero attached hydrogens (tertiary/aromatic N) is 3. The van der Waals surface area contributed by atoms with Crippen molar-refractivity contribution in [1.29, 1.82) is 10.5 Å². The largest absolute Gasteiger partial charge is 0.494 e. The molecule has 0 unspecified atom stereocenters. The first kappa shape index (κ1) is 26.8. The summed E-state index contributed by atoms with van der Waals surface area (Å²) in [4.78, 5) is 12.8. The minimum Gasteiger partial charge on any atom is -0.494 e. The number of carbonyl (C=O) groups is 1. The van der Waals surface area contributed by atoms with E-state index in [0.717, 1.165) is 28.2 Å². The molecule has 7 heteroatoms. The van der Waals surface area contributed by atoms with Crippen LogP contribution in [0.3, 0.4) is 0 Å². The Balaban J connectivity index is 1.49. The third kappa shape index (κ3) is 6.36. The first-order valence-corrected chi connectivity index (χ1v) is 12.5. The molecular formula is C32H28N4O3. The third-order valence-corrected chi connectivity index (χ3v) is 6.19. The highest BCUT2D eigenvalue weighted by Crippen LogP contribution is 2.25. The van der Waals surface area contributed by atoms with Gasteiger partial charge < -0.3 is 19.4 Å². The fraction of sp³-hybridized carbons (Fsp3) is 0.156. The number of nitrogens with one attached hydrogen (secondary N) is 1. The molecule has 1 heterocycles. The first-order valence-electron chi connectivity index (χ1n) is 12.5. The Kier molecular flexibility index (Phi) is 8.46. The molecule has 39 heavy (non-hydrogen) atoms. The summed E-state index contributed by atoms with van der Waals surface area (Å²) in [5.41, 5.74) is 5.56. The zero-order valence-corrected chi connectivity index (χ0v) is 22.1. The molecule has 0 fully saturated rings. The van der Waals surface area contributed by atoms with Gasteiger partial charge in [-0.3, -0.25) is 4.79 Å². The molecule has 1 aromatic heterocycles. The molecule has 0 aliphatic carbocycles. The van der Waals surface area contributed by atoms with Crippen LogP contribution in [0.4, 0.5) is 5.69 Å². The number of nitriles is 2. The lowest BCUT2D eigenvalue weighted by Gasteiger charge is -2.12. The second kappa shape index (κ2) is 12.3. The molecule has 1 amide bonds. The Morgan fingerprint density at radius 1 is 0.949 bits per heavy atom. The second-order valence-electron chi connectivity index (χ2n) is 8.79. The van der Waals surface area contributed by atoms with Crippen molar-refractivity contribution >= 4 is 17.7 Å². The van der Waals surface area contributed by atoms with E-state index >= 15 is 0 Å². The van der Waals surface area contributed by atoms with E-state index in [4.69, 9.17) is 9.47 Å². The molecule has 3 aromatic carbocycles. The number of hydrogen-bond acceptors (Lipinski definition) is 5. The molecule has 7 nitrogen and oxygen atoms in total. The van der Waals surface area contributed by atoms with Crippen LogP contribution in [0.2, 0.25) is 0 Å². The molecule has 0 spiro atoms. The predicted molar refractivity (Wildman–Crippen MR) is 151 cm³/mol. The van der Waals surface area contributed by atoms with Gasteiger partial charge in [-0.25, -0.2) is 0 Å². The fourth-order valence-corrected chi connectivity index (χ4v) is 4.24. The van der Waals surface area contributed by atoms with Gasteiger partial charge in [0, 0.05) is 28.3 Å². The average molecular weight is 517 g/mol. The molecule has 0 atom stereocenters. The molecule has 4 aromatic rings. The van der Waals surface area contributed by atoms with E-state index in [2.05, 4.69) is 16.0 Å². The van der Waals surface area contributed by atoms with E-state index in [0.29, 0.717) is 36.0 Å². The van der Waals surface area contributed by atoms with Crippen LogP contribution in [0.1, 0.15) is 35.0 Å². The Bertz CT molecular complexity index is 1580. The van der Waals surface area contributed by atoms with Crippen molar-refractivity contribution in [3.05, 3.63) is 113 Å². The lowest BCUT2D eigenvalue weighted by atomic mass is 10.1. The first-order chi connectivity index (χ1) is 18.9. The standard InChI is InChI=1S/C32H28N4O3/c1-4-38-30-13-9-28(10-14-30)35-32(37)27(20-34)18-26-17-22(2)36(23(26)3)29-11-15-31(16-12-29)39-21-25-8-6-5-7-24(25)19-33/h5-18H,4,21H2,1-3H3,(H,35,37)/b27-18-. The molecule has 1 N–H and O–H groups in total. The highest BCUT2D eigenvalue weighted by atomic mass is 16.5. The fourth-order valence-electron chi connectivity index (χ4n) is 4.24. The molecule has 4 rings (SSSR count). The van der Waals surface area contributed by atoms with E-state index in [9.17, 15) is 15.3 Å². The molecule has 0 saturated carbocycles. The number of aryl methyl sites for hydroxylation is 1. The zero-order valence-electron chi connectivity index (χ0n) is 22.1. The topological polar surface area (TPSA) is 100 Å². The summed E-state index contributed by atoms with van der Waals surface area (Å²) in [5, 5.41) is 21.7. The molecular weight excluding hydrogens is 488 g/mol. The molecule has 0 radical (unpaired) electrons. The van der Waals surface area contributed by atoms with Gasteiger partial charge in [-0.1, -0.05) is 18.2 Å². The van der Waals surface area contributed by atoms with Crippen molar-refractivity contribution in [2.24, 2.45) is 0 Å². The zero-order chi connectivity index (χ0) is 27.8. The SMILES string of the molecule is CCOc1ccc(NC(=O)/C(C#N)=C\c2cc(C)n(-c3ccc(OCc4ccccc4C#N)cc3)c2C)cc1. The minimum atomic E-state index is -0.481. The van der Waals surface area contributed by atoms with Gasteiger partial charge in [-0.05, 0) is 93.1 Å². The van der Waals surface area contributed by atoms with Crippen molar-refractivity contribution in [3.63, 3.8) is 0 Å². The van der Waals surface area contributed by atoms with Crippen LogP contribution < -0.4 is 14.8 Å². The smallest absolute Gasteiger partial charge is 0.266 e. The van der Waals surface area contributed by atoms with E-state index in [-0.39, 0.29) is 5.57 Å². The van der Waals surface area contributed by atoms with Crippen molar-refractivity contribution in [1.82, 2.24) is 4.57 Å². The van der Waals surface area contributed by atoms with Crippen LogP contribution in [0.25, 0.3) is 11.8 Å². The number of rotatable bonds is 9. The van der Waals surface area contributed by atoms with E-state index in [1.165, 1.54) is 0 Å². The maximum atomic E-state index is 12.8. The Labute approximate surface area is 228 Å². The lowest BCUT2D eigenvalue weighted by molar-refractivity contribution is -0.112. The maximum Gasteiger partial charge on any atom is 0.266 e. The van der Waals surface area contributed by atoms with Gasteiger partial charge in [0.05, 0.1) is 18.2 Å². The number of benzene rings is 3. The van der Waals surface area contributed by atoms with Gasteiger partial charge in [0.15, 0.2) is 0 Å². The van der Waals surface area contributed by atoms with E-state index < -0.39 is 5.91 Å². The summed E-state index contributed by atoms with van der Waals surface area (Å²) in [7, 11) is 0. The van der Waals surface area contributed by atoms with Gasteiger partial charge in [0.2, 0.25) is 0 Å². The van der Waals surface area contributed by atoms with E-state index in [1.54, 1.807) is 36.4 Å². The molecule has 0 bridgehead atoms. The number of hydrogen-bond donors (Lipinski definition) is 1. The summed E-state index contributed by atoms with van der Waals surface area (Å²) in [5.74, 6) is 0.917. The number of anilines is 1. The summed E-state index contributed by atoms with van der Waals surface area (Å²) in [6, 6.07) is 28.2. The van der Waals surface area contributed by atoms with Gasteiger partial charge in [-0.15, -0.1) is 0 Å².